The second-order valence-electron chi connectivity index (χ2n) is 5.60. The fraction of sp³-hybridized carbons (Fsp3) is 0.647. The molecule has 1 aromatic heterocycles. The summed E-state index contributed by atoms with van der Waals surface area (Å²) < 4.78 is 11.0. The Labute approximate surface area is 161 Å². The monoisotopic (exact) mass is 448 g/mol. The number of nitrogens with zero attached hydrogens (tertiary/aromatic N) is 2. The minimum absolute atomic E-state index is 0. The first-order chi connectivity index (χ1) is 11.4. The Morgan fingerprint density at radius 2 is 2.33 bits per heavy atom. The molecule has 0 amide bonds. The molecule has 136 valence electrons. The highest BCUT2D eigenvalue weighted by molar-refractivity contribution is 14.0. The molecular formula is C17H29IN4O2. The molecule has 1 aromatic rings. The zero-order valence-electron chi connectivity index (χ0n) is 14.4. The van der Waals surface area contributed by atoms with Gasteiger partial charge in [0.25, 0.3) is 0 Å². The number of nitrogens with one attached hydrogen (secondary N) is 2. The fourth-order valence-electron chi connectivity index (χ4n) is 2.34. The molecule has 1 aliphatic rings. The summed E-state index contributed by atoms with van der Waals surface area (Å²) >= 11 is 0. The Hall–Kier alpha value is -0.930. The lowest BCUT2D eigenvalue weighted by Gasteiger charge is -2.12. The molecule has 1 unspecified atom stereocenters. The van der Waals surface area contributed by atoms with E-state index in [0.717, 1.165) is 64.0 Å². The Morgan fingerprint density at radius 1 is 1.42 bits per heavy atom. The van der Waals surface area contributed by atoms with Crippen molar-refractivity contribution in [2.24, 2.45) is 10.9 Å². The van der Waals surface area contributed by atoms with Crippen molar-refractivity contribution in [2.45, 2.75) is 26.3 Å². The number of ether oxygens (including phenoxy) is 2. The Balaban J connectivity index is 0.00000288. The predicted molar refractivity (Wildman–Crippen MR) is 107 cm³/mol. The summed E-state index contributed by atoms with van der Waals surface area (Å²) in [4.78, 5) is 8.82. The van der Waals surface area contributed by atoms with E-state index < -0.39 is 0 Å². The average molecular weight is 448 g/mol. The second-order valence-corrected chi connectivity index (χ2v) is 5.60. The second kappa shape index (κ2) is 13.4. The molecule has 2 rings (SSSR count). The minimum Gasteiger partial charge on any atom is -0.381 e. The predicted octanol–water partition coefficient (Wildman–Crippen LogP) is 2.20. The molecule has 24 heavy (non-hydrogen) atoms. The number of aliphatic imine (C=N–C) groups is 1. The van der Waals surface area contributed by atoms with Gasteiger partial charge in [-0.2, -0.15) is 0 Å². The van der Waals surface area contributed by atoms with E-state index in [-0.39, 0.29) is 24.0 Å². The number of hydrogen-bond donors (Lipinski definition) is 2. The van der Waals surface area contributed by atoms with E-state index in [4.69, 9.17) is 9.47 Å². The van der Waals surface area contributed by atoms with Gasteiger partial charge in [0.2, 0.25) is 0 Å². The topological polar surface area (TPSA) is 67.8 Å². The van der Waals surface area contributed by atoms with Crippen LogP contribution in [0.15, 0.2) is 29.4 Å². The average Bonchev–Trinajstić information content (AvgIpc) is 3.10. The van der Waals surface area contributed by atoms with Crippen molar-refractivity contribution in [3.63, 3.8) is 0 Å². The lowest BCUT2D eigenvalue weighted by atomic mass is 10.1. The number of rotatable bonds is 9. The van der Waals surface area contributed by atoms with E-state index in [9.17, 15) is 0 Å². The molecular weight excluding hydrogens is 419 g/mol. The van der Waals surface area contributed by atoms with Crippen LogP contribution in [0.3, 0.4) is 0 Å². The Bertz CT molecular complexity index is 453. The third-order valence-corrected chi connectivity index (χ3v) is 3.60. The normalized spacial score (nSPS) is 17.4. The summed E-state index contributed by atoms with van der Waals surface area (Å²) in [6.07, 6.45) is 3.88. The zero-order chi connectivity index (χ0) is 16.2. The molecule has 1 fully saturated rings. The third-order valence-electron chi connectivity index (χ3n) is 3.60. The summed E-state index contributed by atoms with van der Waals surface area (Å²) in [7, 11) is 0. The molecule has 0 aliphatic carbocycles. The number of aromatic nitrogens is 1. The van der Waals surface area contributed by atoms with Crippen molar-refractivity contribution in [3.8, 4) is 0 Å². The molecule has 0 spiro atoms. The highest BCUT2D eigenvalue weighted by Gasteiger charge is 2.15. The van der Waals surface area contributed by atoms with E-state index >= 15 is 0 Å². The van der Waals surface area contributed by atoms with Crippen molar-refractivity contribution in [3.05, 3.63) is 30.1 Å². The Kier molecular flexibility index (Phi) is 11.8. The van der Waals surface area contributed by atoms with Gasteiger partial charge in [-0.1, -0.05) is 6.07 Å². The number of hydrogen-bond acceptors (Lipinski definition) is 4. The van der Waals surface area contributed by atoms with Gasteiger partial charge in [-0.25, -0.2) is 4.99 Å². The zero-order valence-corrected chi connectivity index (χ0v) is 16.7. The maximum atomic E-state index is 5.70. The van der Waals surface area contributed by atoms with Crippen molar-refractivity contribution in [2.75, 3.05) is 39.5 Å². The summed E-state index contributed by atoms with van der Waals surface area (Å²) in [6, 6.07) is 5.87. The van der Waals surface area contributed by atoms with Gasteiger partial charge in [-0.15, -0.1) is 24.0 Å². The summed E-state index contributed by atoms with van der Waals surface area (Å²) in [5, 5.41) is 6.57. The first kappa shape index (κ1) is 21.1. The number of halogens is 1. The molecule has 0 aromatic carbocycles. The molecule has 6 nitrogen and oxygen atoms in total. The standard InChI is InChI=1S/C17H28N4O2.HI/c1-2-18-17(21-12-16-6-3-4-8-19-16)20-9-5-10-22-13-15-7-11-23-14-15;/h3-4,6,8,15H,2,5,7,9-14H2,1H3,(H2,18,20,21);1H. The van der Waals surface area contributed by atoms with E-state index in [0.29, 0.717) is 12.5 Å². The molecule has 0 radical (unpaired) electrons. The quantitative estimate of drug-likeness (QED) is 0.263. The van der Waals surface area contributed by atoms with Gasteiger partial charge in [0.1, 0.15) is 0 Å². The van der Waals surface area contributed by atoms with Crippen LogP contribution >= 0.6 is 24.0 Å². The van der Waals surface area contributed by atoms with Crippen LogP contribution in [0, 0.1) is 5.92 Å². The van der Waals surface area contributed by atoms with Gasteiger partial charge in [0.15, 0.2) is 5.96 Å². The van der Waals surface area contributed by atoms with Gasteiger partial charge in [0, 0.05) is 38.4 Å². The van der Waals surface area contributed by atoms with E-state index in [1.165, 1.54) is 0 Å². The van der Waals surface area contributed by atoms with Crippen LogP contribution in [0.4, 0.5) is 0 Å². The molecule has 1 aliphatic heterocycles. The van der Waals surface area contributed by atoms with Gasteiger partial charge in [-0.05, 0) is 31.9 Å². The summed E-state index contributed by atoms with van der Waals surface area (Å²) in [5.74, 6) is 1.41. The smallest absolute Gasteiger partial charge is 0.191 e. The van der Waals surface area contributed by atoms with Crippen LogP contribution in [-0.2, 0) is 16.0 Å². The van der Waals surface area contributed by atoms with Gasteiger partial charge in [-0.3, -0.25) is 4.98 Å². The van der Waals surface area contributed by atoms with Crippen LogP contribution in [0.25, 0.3) is 0 Å². The van der Waals surface area contributed by atoms with Gasteiger partial charge < -0.3 is 20.1 Å². The first-order valence-electron chi connectivity index (χ1n) is 8.46. The SMILES string of the molecule is CCNC(=NCc1ccccn1)NCCCOCC1CCOC1.I. The highest BCUT2D eigenvalue weighted by atomic mass is 127. The summed E-state index contributed by atoms with van der Waals surface area (Å²) in [6.45, 7) is 7.63. The summed E-state index contributed by atoms with van der Waals surface area (Å²) in [5.41, 5.74) is 0.965. The lowest BCUT2D eigenvalue weighted by molar-refractivity contribution is 0.0888. The number of pyridine rings is 1. The van der Waals surface area contributed by atoms with Crippen molar-refractivity contribution >= 4 is 29.9 Å². The van der Waals surface area contributed by atoms with Crippen LogP contribution in [-0.4, -0.2) is 50.5 Å². The minimum atomic E-state index is 0. The van der Waals surface area contributed by atoms with Crippen molar-refractivity contribution in [1.29, 1.82) is 0 Å². The fourth-order valence-corrected chi connectivity index (χ4v) is 2.34. The third kappa shape index (κ3) is 8.79. The molecule has 7 heteroatoms. The van der Waals surface area contributed by atoms with Gasteiger partial charge in [0.05, 0.1) is 25.5 Å². The van der Waals surface area contributed by atoms with E-state index in [2.05, 4.69) is 27.5 Å². The first-order valence-corrected chi connectivity index (χ1v) is 8.46. The maximum absolute atomic E-state index is 5.70. The molecule has 1 saturated heterocycles. The van der Waals surface area contributed by atoms with Crippen molar-refractivity contribution < 1.29 is 9.47 Å². The van der Waals surface area contributed by atoms with Crippen molar-refractivity contribution in [1.82, 2.24) is 15.6 Å². The van der Waals surface area contributed by atoms with Crippen LogP contribution in [0.2, 0.25) is 0 Å². The lowest BCUT2D eigenvalue weighted by Crippen LogP contribution is -2.38. The molecule has 1 atom stereocenters. The largest absolute Gasteiger partial charge is 0.381 e. The van der Waals surface area contributed by atoms with Crippen LogP contribution in [0.5, 0.6) is 0 Å². The molecule has 2 heterocycles. The molecule has 2 N–H and O–H groups in total. The van der Waals surface area contributed by atoms with Gasteiger partial charge >= 0.3 is 0 Å². The molecule has 0 saturated carbocycles. The van der Waals surface area contributed by atoms with E-state index in [1.807, 2.05) is 18.2 Å². The Morgan fingerprint density at radius 3 is 3.04 bits per heavy atom. The maximum Gasteiger partial charge on any atom is 0.191 e. The van der Waals surface area contributed by atoms with E-state index in [1.54, 1.807) is 6.20 Å². The molecule has 0 bridgehead atoms. The highest BCUT2D eigenvalue weighted by Crippen LogP contribution is 2.12. The van der Waals surface area contributed by atoms with Crippen LogP contribution < -0.4 is 10.6 Å². The van der Waals surface area contributed by atoms with Crippen LogP contribution in [0.1, 0.15) is 25.5 Å². The number of guanidine groups is 1.